The van der Waals surface area contributed by atoms with E-state index in [9.17, 15) is 13.2 Å². The summed E-state index contributed by atoms with van der Waals surface area (Å²) in [4.78, 5) is 14.8. The number of benzene rings is 2. The van der Waals surface area contributed by atoms with Crippen molar-refractivity contribution in [2.24, 2.45) is 4.40 Å². The van der Waals surface area contributed by atoms with Gasteiger partial charge in [-0.25, -0.2) is 0 Å². The molecule has 3 rings (SSSR count). The SMILES string of the molecule is COCCCN1C(=O)C(=Cc2ccccc2)SC1=NS(=O)(=O)c1ccccc1. The molecular formula is C20H20N2O4S2. The third kappa shape index (κ3) is 4.89. The van der Waals surface area contributed by atoms with Crippen LogP contribution in [-0.4, -0.2) is 44.7 Å². The quantitative estimate of drug-likeness (QED) is 0.511. The van der Waals surface area contributed by atoms with Crippen molar-refractivity contribution in [2.75, 3.05) is 20.3 Å². The largest absolute Gasteiger partial charge is 0.385 e. The molecule has 0 N–H and O–H groups in total. The normalized spacial score (nSPS) is 17.6. The number of methoxy groups -OCH3 is 1. The van der Waals surface area contributed by atoms with Crippen LogP contribution in [0, 0.1) is 0 Å². The molecule has 0 radical (unpaired) electrons. The lowest BCUT2D eigenvalue weighted by molar-refractivity contribution is -0.122. The van der Waals surface area contributed by atoms with Gasteiger partial charge < -0.3 is 4.74 Å². The topological polar surface area (TPSA) is 76.0 Å². The smallest absolute Gasteiger partial charge is 0.284 e. The van der Waals surface area contributed by atoms with E-state index in [0.717, 1.165) is 17.3 Å². The van der Waals surface area contributed by atoms with E-state index in [2.05, 4.69) is 4.40 Å². The van der Waals surface area contributed by atoms with Crippen LogP contribution in [0.25, 0.3) is 6.08 Å². The van der Waals surface area contributed by atoms with E-state index in [0.29, 0.717) is 24.5 Å². The number of thioether (sulfide) groups is 1. The third-order valence-corrected chi connectivity index (χ3v) is 6.36. The van der Waals surface area contributed by atoms with Crippen molar-refractivity contribution in [3.8, 4) is 0 Å². The van der Waals surface area contributed by atoms with Crippen molar-refractivity contribution in [1.29, 1.82) is 0 Å². The molecule has 0 spiro atoms. The Morgan fingerprint density at radius 1 is 1.07 bits per heavy atom. The molecule has 1 aliphatic heterocycles. The molecule has 1 amide bonds. The Morgan fingerprint density at radius 3 is 2.36 bits per heavy atom. The Hall–Kier alpha value is -2.42. The zero-order valence-electron chi connectivity index (χ0n) is 15.3. The Morgan fingerprint density at radius 2 is 1.71 bits per heavy atom. The van der Waals surface area contributed by atoms with Crippen LogP contribution in [0.2, 0.25) is 0 Å². The summed E-state index contributed by atoms with van der Waals surface area (Å²) in [6, 6.07) is 17.4. The van der Waals surface area contributed by atoms with E-state index in [-0.39, 0.29) is 16.0 Å². The first-order valence-corrected chi connectivity index (χ1v) is 10.9. The average molecular weight is 417 g/mol. The Bertz CT molecular complexity index is 987. The molecule has 28 heavy (non-hydrogen) atoms. The van der Waals surface area contributed by atoms with Crippen LogP contribution in [0.3, 0.4) is 0 Å². The number of nitrogens with zero attached hydrogens (tertiary/aromatic N) is 2. The first-order chi connectivity index (χ1) is 13.5. The Balaban J connectivity index is 1.95. The Labute approximate surface area is 169 Å². The van der Waals surface area contributed by atoms with Crippen LogP contribution in [0.4, 0.5) is 0 Å². The zero-order chi connectivity index (χ0) is 20.0. The minimum atomic E-state index is -3.91. The van der Waals surface area contributed by atoms with Crippen molar-refractivity contribution < 1.29 is 17.9 Å². The van der Waals surface area contributed by atoms with E-state index < -0.39 is 10.0 Å². The molecule has 0 atom stereocenters. The second-order valence-corrected chi connectivity index (χ2v) is 8.60. The minimum absolute atomic E-state index is 0.0906. The summed E-state index contributed by atoms with van der Waals surface area (Å²) < 4.78 is 34.3. The second kappa shape index (κ2) is 9.18. The number of amidine groups is 1. The monoisotopic (exact) mass is 416 g/mol. The lowest BCUT2D eigenvalue weighted by Gasteiger charge is -2.15. The molecule has 6 nitrogen and oxygen atoms in total. The summed E-state index contributed by atoms with van der Waals surface area (Å²) in [5, 5.41) is 0.159. The lowest BCUT2D eigenvalue weighted by atomic mass is 10.2. The first-order valence-electron chi connectivity index (χ1n) is 8.67. The van der Waals surface area contributed by atoms with Crippen LogP contribution in [0.5, 0.6) is 0 Å². The molecule has 0 saturated carbocycles. The van der Waals surface area contributed by atoms with Crippen molar-refractivity contribution in [2.45, 2.75) is 11.3 Å². The van der Waals surface area contributed by atoms with E-state index >= 15 is 0 Å². The summed E-state index contributed by atoms with van der Waals surface area (Å²) in [5.74, 6) is -0.257. The fourth-order valence-corrected chi connectivity index (χ4v) is 4.82. The van der Waals surface area contributed by atoms with Crippen LogP contribution >= 0.6 is 11.8 Å². The molecule has 1 fully saturated rings. The van der Waals surface area contributed by atoms with Crippen LogP contribution in [-0.2, 0) is 19.6 Å². The van der Waals surface area contributed by atoms with E-state index in [1.54, 1.807) is 31.4 Å². The zero-order valence-corrected chi connectivity index (χ0v) is 16.9. The first kappa shape index (κ1) is 20.3. The van der Waals surface area contributed by atoms with Gasteiger partial charge in [0, 0.05) is 20.3 Å². The molecule has 1 heterocycles. The van der Waals surface area contributed by atoms with Crippen molar-refractivity contribution in [1.82, 2.24) is 4.90 Å². The van der Waals surface area contributed by atoms with Crippen molar-refractivity contribution in [3.05, 3.63) is 71.1 Å². The van der Waals surface area contributed by atoms with Gasteiger partial charge in [-0.3, -0.25) is 9.69 Å². The van der Waals surface area contributed by atoms with Gasteiger partial charge in [0.05, 0.1) is 9.80 Å². The van der Waals surface area contributed by atoms with Gasteiger partial charge in [-0.1, -0.05) is 48.5 Å². The number of amides is 1. The van der Waals surface area contributed by atoms with Crippen LogP contribution in [0.15, 0.2) is 74.9 Å². The van der Waals surface area contributed by atoms with Crippen molar-refractivity contribution >= 4 is 38.9 Å². The highest BCUT2D eigenvalue weighted by Crippen LogP contribution is 2.33. The van der Waals surface area contributed by atoms with Crippen LogP contribution in [0.1, 0.15) is 12.0 Å². The molecule has 146 valence electrons. The van der Waals surface area contributed by atoms with Gasteiger partial charge in [0.25, 0.3) is 15.9 Å². The molecule has 1 saturated heterocycles. The highest BCUT2D eigenvalue weighted by Gasteiger charge is 2.34. The second-order valence-electron chi connectivity index (χ2n) is 5.99. The fraction of sp³-hybridized carbons (Fsp3) is 0.200. The summed E-state index contributed by atoms with van der Waals surface area (Å²) in [7, 11) is -2.33. The number of ether oxygens (including phenoxy) is 1. The highest BCUT2D eigenvalue weighted by atomic mass is 32.2. The maximum Gasteiger partial charge on any atom is 0.284 e. The standard InChI is InChI=1S/C20H20N2O4S2/c1-26-14-8-13-22-19(23)18(15-16-9-4-2-5-10-16)27-20(22)21-28(24,25)17-11-6-3-7-12-17/h2-7,9-12,15H,8,13-14H2,1H3. The molecule has 2 aromatic rings. The molecule has 2 aromatic carbocycles. The number of hydrogen-bond donors (Lipinski definition) is 0. The molecule has 0 aromatic heterocycles. The third-order valence-electron chi connectivity index (χ3n) is 3.95. The minimum Gasteiger partial charge on any atom is -0.385 e. The predicted molar refractivity (Wildman–Crippen MR) is 111 cm³/mol. The van der Waals surface area contributed by atoms with Crippen LogP contribution < -0.4 is 0 Å². The van der Waals surface area contributed by atoms with Gasteiger partial charge in [-0.15, -0.1) is 4.40 Å². The average Bonchev–Trinajstić information content (AvgIpc) is 2.98. The molecule has 0 aliphatic carbocycles. The van der Waals surface area contributed by atoms with E-state index in [1.807, 2.05) is 30.3 Å². The molecule has 8 heteroatoms. The maximum atomic E-state index is 12.9. The number of hydrogen-bond acceptors (Lipinski definition) is 5. The van der Waals surface area contributed by atoms with Crippen molar-refractivity contribution in [3.63, 3.8) is 0 Å². The summed E-state index contributed by atoms with van der Waals surface area (Å²) >= 11 is 1.07. The van der Waals surface area contributed by atoms with Gasteiger partial charge in [0.2, 0.25) is 0 Å². The van der Waals surface area contributed by atoms with Gasteiger partial charge in [-0.2, -0.15) is 8.42 Å². The predicted octanol–water partition coefficient (Wildman–Crippen LogP) is 3.38. The van der Waals surface area contributed by atoms with E-state index in [1.165, 1.54) is 17.0 Å². The Kier molecular flexibility index (Phi) is 6.66. The highest BCUT2D eigenvalue weighted by molar-refractivity contribution is 8.19. The number of carbonyl (C=O) groups is 1. The van der Waals surface area contributed by atoms with Gasteiger partial charge in [-0.05, 0) is 42.0 Å². The number of rotatable bonds is 7. The fourth-order valence-electron chi connectivity index (χ4n) is 2.59. The number of carbonyl (C=O) groups excluding carboxylic acids is 1. The van der Waals surface area contributed by atoms with Gasteiger partial charge >= 0.3 is 0 Å². The molecule has 1 aliphatic rings. The molecule has 0 unspecified atom stereocenters. The maximum absolute atomic E-state index is 12.9. The van der Waals surface area contributed by atoms with Gasteiger partial charge in [0.15, 0.2) is 5.17 Å². The summed E-state index contributed by atoms with van der Waals surface area (Å²) in [6.07, 6.45) is 2.32. The summed E-state index contributed by atoms with van der Waals surface area (Å²) in [6.45, 7) is 0.792. The molecule has 0 bridgehead atoms. The van der Waals surface area contributed by atoms with Gasteiger partial charge in [0.1, 0.15) is 0 Å². The van der Waals surface area contributed by atoms with E-state index in [4.69, 9.17) is 4.74 Å². The molecular weight excluding hydrogens is 396 g/mol. The lowest BCUT2D eigenvalue weighted by Crippen LogP contribution is -2.31. The number of sulfonamides is 1. The summed E-state index contributed by atoms with van der Waals surface area (Å²) in [5.41, 5.74) is 0.863.